The molecule has 0 spiro atoms. The fourth-order valence-electron chi connectivity index (χ4n) is 5.83. The van der Waals surface area contributed by atoms with Crippen LogP contribution in [-0.2, 0) is 6.54 Å². The minimum Gasteiger partial charge on any atom is -0.355 e. The maximum atomic E-state index is 12.9. The van der Waals surface area contributed by atoms with Gasteiger partial charge in [0.25, 0.3) is 5.91 Å². The van der Waals surface area contributed by atoms with E-state index in [0.717, 1.165) is 75.1 Å². The number of hydrogen-bond acceptors (Lipinski definition) is 6. The zero-order valence-electron chi connectivity index (χ0n) is 23.0. The van der Waals surface area contributed by atoms with Gasteiger partial charge in [-0.25, -0.2) is 4.98 Å². The topological polar surface area (TPSA) is 64.6 Å². The summed E-state index contributed by atoms with van der Waals surface area (Å²) in [6.07, 6.45) is 3.57. The molecule has 2 fully saturated rings. The molecule has 7 heteroatoms. The Balaban J connectivity index is 1.15. The van der Waals surface area contributed by atoms with Gasteiger partial charge >= 0.3 is 0 Å². The smallest absolute Gasteiger partial charge is 0.274 e. The minimum absolute atomic E-state index is 0.189. The van der Waals surface area contributed by atoms with Crippen LogP contribution in [0.15, 0.2) is 54.6 Å². The summed E-state index contributed by atoms with van der Waals surface area (Å²) >= 11 is 0. The van der Waals surface area contributed by atoms with Crippen LogP contribution in [0.25, 0.3) is 0 Å². The third kappa shape index (κ3) is 6.58. The lowest BCUT2D eigenvalue weighted by molar-refractivity contribution is 0.102. The third-order valence-corrected chi connectivity index (χ3v) is 7.89. The second-order valence-electron chi connectivity index (χ2n) is 10.8. The van der Waals surface area contributed by atoms with Gasteiger partial charge in [0.15, 0.2) is 0 Å². The largest absolute Gasteiger partial charge is 0.355 e. The first-order valence-corrected chi connectivity index (χ1v) is 13.9. The first kappa shape index (κ1) is 26.3. The van der Waals surface area contributed by atoms with Crippen LogP contribution in [0.3, 0.4) is 0 Å². The van der Waals surface area contributed by atoms with E-state index in [4.69, 9.17) is 4.98 Å². The van der Waals surface area contributed by atoms with Crippen LogP contribution in [-0.4, -0.2) is 71.0 Å². The molecule has 1 N–H and O–H groups in total. The molecule has 0 saturated carbocycles. The van der Waals surface area contributed by atoms with Gasteiger partial charge in [0.05, 0.1) is 0 Å². The van der Waals surface area contributed by atoms with Gasteiger partial charge in [0, 0.05) is 55.8 Å². The summed E-state index contributed by atoms with van der Waals surface area (Å²) in [4.78, 5) is 29.7. The second-order valence-corrected chi connectivity index (χ2v) is 10.8. The molecule has 2 saturated heterocycles. The number of aromatic nitrogens is 2. The summed E-state index contributed by atoms with van der Waals surface area (Å²) in [6.45, 7) is 13.5. The van der Waals surface area contributed by atoms with Crippen LogP contribution in [0.5, 0.6) is 0 Å². The minimum atomic E-state index is -0.189. The molecule has 200 valence electrons. The normalized spacial score (nSPS) is 17.8. The average Bonchev–Trinajstić information content (AvgIpc) is 3.16. The van der Waals surface area contributed by atoms with Crippen molar-refractivity contribution < 1.29 is 4.79 Å². The lowest BCUT2D eigenvalue weighted by Crippen LogP contribution is -2.46. The van der Waals surface area contributed by atoms with Crippen molar-refractivity contribution in [1.29, 1.82) is 0 Å². The number of carbonyl (C=O) groups is 1. The Morgan fingerprint density at radius 3 is 2.39 bits per heavy atom. The van der Waals surface area contributed by atoms with Crippen molar-refractivity contribution >= 4 is 17.4 Å². The Morgan fingerprint density at radius 2 is 1.63 bits per heavy atom. The Bertz CT molecular complexity index is 1230. The van der Waals surface area contributed by atoms with Crippen molar-refractivity contribution in [2.75, 3.05) is 49.5 Å². The molecule has 0 unspecified atom stereocenters. The van der Waals surface area contributed by atoms with Crippen molar-refractivity contribution in [2.45, 2.75) is 52.6 Å². The van der Waals surface area contributed by atoms with E-state index >= 15 is 0 Å². The summed E-state index contributed by atoms with van der Waals surface area (Å²) in [7, 11) is 0. The van der Waals surface area contributed by atoms with Crippen LogP contribution in [0.1, 0.15) is 52.3 Å². The molecule has 4 heterocycles. The van der Waals surface area contributed by atoms with Gasteiger partial charge in [-0.05, 0) is 88.5 Å². The highest BCUT2D eigenvalue weighted by molar-refractivity contribution is 6.03. The Labute approximate surface area is 226 Å². The zero-order valence-corrected chi connectivity index (χ0v) is 23.0. The van der Waals surface area contributed by atoms with E-state index < -0.39 is 0 Å². The van der Waals surface area contributed by atoms with Crippen molar-refractivity contribution in [3.63, 3.8) is 0 Å². The molecule has 38 heavy (non-hydrogen) atoms. The molecule has 7 nitrogen and oxygen atoms in total. The summed E-state index contributed by atoms with van der Waals surface area (Å²) < 4.78 is 0. The molecule has 1 amide bonds. The lowest BCUT2D eigenvalue weighted by Gasteiger charge is -2.38. The molecule has 0 atom stereocenters. The molecular formula is C31H40N6O. The van der Waals surface area contributed by atoms with Crippen LogP contribution >= 0.6 is 0 Å². The fraction of sp³-hybridized carbons (Fsp3) is 0.452. The number of rotatable bonds is 6. The molecule has 2 aromatic heterocycles. The molecule has 2 aliphatic heterocycles. The van der Waals surface area contributed by atoms with Gasteiger partial charge in [-0.15, -0.1) is 0 Å². The molecule has 5 rings (SSSR count). The zero-order chi connectivity index (χ0) is 26.5. The summed E-state index contributed by atoms with van der Waals surface area (Å²) in [5, 5.41) is 2.98. The van der Waals surface area contributed by atoms with E-state index in [-0.39, 0.29) is 5.91 Å². The molecule has 0 aliphatic carbocycles. The monoisotopic (exact) mass is 512 g/mol. The van der Waals surface area contributed by atoms with Crippen molar-refractivity contribution in [2.24, 2.45) is 0 Å². The van der Waals surface area contributed by atoms with E-state index in [0.29, 0.717) is 11.7 Å². The number of likely N-dealkylation sites (tertiary alicyclic amines) is 1. The van der Waals surface area contributed by atoms with E-state index in [1.165, 1.54) is 24.0 Å². The number of amides is 1. The Morgan fingerprint density at radius 1 is 0.868 bits per heavy atom. The highest BCUT2D eigenvalue weighted by Gasteiger charge is 2.27. The summed E-state index contributed by atoms with van der Waals surface area (Å²) in [5.41, 5.74) is 5.80. The van der Waals surface area contributed by atoms with Gasteiger partial charge < -0.3 is 10.2 Å². The predicted molar refractivity (Wildman–Crippen MR) is 154 cm³/mol. The molecule has 0 bridgehead atoms. The standard InChI is InChI=1S/C31H40N6O/c1-23-8-4-5-9-26(23)22-35-16-12-28(13-17-35)36-14-7-15-37(19-18-36)30-11-6-10-29(34-30)31(38)33-27-20-24(2)32-25(3)21-27/h4-6,8-11,20-21,28H,7,12-19,22H2,1-3H3,(H,32,33,38). The van der Waals surface area contributed by atoms with Crippen LogP contribution < -0.4 is 10.2 Å². The number of benzene rings is 1. The second kappa shape index (κ2) is 12.0. The highest BCUT2D eigenvalue weighted by atomic mass is 16.1. The molecule has 3 aromatic rings. The predicted octanol–water partition coefficient (Wildman–Crippen LogP) is 4.83. The molecular weight excluding hydrogens is 472 g/mol. The number of hydrogen-bond donors (Lipinski definition) is 1. The SMILES string of the molecule is Cc1cc(NC(=O)c2cccc(N3CCCN(C4CCN(Cc5ccccc5C)CC4)CC3)n2)cc(C)n1. The first-order valence-electron chi connectivity index (χ1n) is 13.9. The van der Waals surface area contributed by atoms with Gasteiger partial charge in [-0.2, -0.15) is 0 Å². The maximum absolute atomic E-state index is 12.9. The number of anilines is 2. The van der Waals surface area contributed by atoms with Crippen LogP contribution in [0.2, 0.25) is 0 Å². The van der Waals surface area contributed by atoms with E-state index in [1.54, 1.807) is 6.07 Å². The van der Waals surface area contributed by atoms with Gasteiger partial charge in [0.1, 0.15) is 11.5 Å². The number of aryl methyl sites for hydroxylation is 3. The van der Waals surface area contributed by atoms with Crippen molar-refractivity contribution in [3.05, 3.63) is 82.8 Å². The lowest BCUT2D eigenvalue weighted by atomic mass is 10.0. The number of pyridine rings is 2. The van der Waals surface area contributed by atoms with E-state index in [9.17, 15) is 4.79 Å². The number of piperidine rings is 1. The van der Waals surface area contributed by atoms with Gasteiger partial charge in [-0.1, -0.05) is 30.3 Å². The van der Waals surface area contributed by atoms with Gasteiger partial charge in [-0.3, -0.25) is 19.6 Å². The third-order valence-electron chi connectivity index (χ3n) is 7.89. The van der Waals surface area contributed by atoms with E-state index in [1.807, 2.05) is 38.1 Å². The number of nitrogens with zero attached hydrogens (tertiary/aromatic N) is 5. The van der Waals surface area contributed by atoms with Crippen LogP contribution in [0, 0.1) is 20.8 Å². The number of nitrogens with one attached hydrogen (secondary N) is 1. The Hall–Kier alpha value is -3.29. The molecule has 0 radical (unpaired) electrons. The summed E-state index contributed by atoms with van der Waals surface area (Å²) in [6, 6.07) is 18.9. The summed E-state index contributed by atoms with van der Waals surface area (Å²) in [5.74, 6) is 0.695. The molecule has 1 aromatic carbocycles. The van der Waals surface area contributed by atoms with Gasteiger partial charge in [0.2, 0.25) is 0 Å². The quantitative estimate of drug-likeness (QED) is 0.510. The maximum Gasteiger partial charge on any atom is 0.274 e. The van der Waals surface area contributed by atoms with Crippen LogP contribution in [0.4, 0.5) is 11.5 Å². The van der Waals surface area contributed by atoms with E-state index in [2.05, 4.69) is 56.2 Å². The van der Waals surface area contributed by atoms with Crippen molar-refractivity contribution in [3.8, 4) is 0 Å². The average molecular weight is 513 g/mol. The van der Waals surface area contributed by atoms with Crippen molar-refractivity contribution in [1.82, 2.24) is 19.8 Å². The Kier molecular flexibility index (Phi) is 8.35. The highest BCUT2D eigenvalue weighted by Crippen LogP contribution is 2.22. The molecule has 2 aliphatic rings. The fourth-order valence-corrected chi connectivity index (χ4v) is 5.83. The number of carbonyl (C=O) groups excluding carboxylic acids is 1. The first-order chi connectivity index (χ1) is 18.4.